The number of nitrogens with zero attached hydrogens (tertiary/aromatic N) is 1. The van der Waals surface area contributed by atoms with Gasteiger partial charge in [0.2, 0.25) is 0 Å². The minimum absolute atomic E-state index is 0.0164. The third kappa shape index (κ3) is 3.89. The number of carbonyl (C=O) groups excluding carboxylic acids is 2. The van der Waals surface area contributed by atoms with Gasteiger partial charge in [0.25, 0.3) is 0 Å². The second-order valence-electron chi connectivity index (χ2n) is 7.30. The molecular weight excluding hydrogens is 306 g/mol. The lowest BCUT2D eigenvalue weighted by Crippen LogP contribution is -2.43. The molecule has 0 bridgehead atoms. The molecule has 132 valence electrons. The molecule has 1 aromatic carbocycles. The number of hydrogen-bond donors (Lipinski definition) is 0. The zero-order chi connectivity index (χ0) is 17.9. The van der Waals surface area contributed by atoms with Gasteiger partial charge in [-0.3, -0.25) is 4.79 Å². The summed E-state index contributed by atoms with van der Waals surface area (Å²) < 4.78 is 9.83. The smallest absolute Gasteiger partial charge is 0.409 e. The van der Waals surface area contributed by atoms with Gasteiger partial charge >= 0.3 is 12.1 Å². The second kappa shape index (κ2) is 7.24. The normalized spacial score (nSPS) is 21.3. The van der Waals surface area contributed by atoms with Crippen molar-refractivity contribution in [1.82, 2.24) is 4.90 Å². The van der Waals surface area contributed by atoms with Crippen LogP contribution < -0.4 is 0 Å². The Morgan fingerprint density at radius 2 is 1.88 bits per heavy atom. The number of hydrogen-bond acceptors (Lipinski definition) is 4. The van der Waals surface area contributed by atoms with E-state index in [4.69, 9.17) is 9.47 Å². The number of rotatable bonds is 2. The number of carbonyl (C=O) groups is 2. The van der Waals surface area contributed by atoms with Crippen molar-refractivity contribution in [2.24, 2.45) is 5.92 Å². The molecule has 5 nitrogen and oxygen atoms in total. The van der Waals surface area contributed by atoms with E-state index in [9.17, 15) is 9.59 Å². The minimum atomic E-state index is -0.357. The van der Waals surface area contributed by atoms with E-state index in [2.05, 4.69) is 32.9 Å². The van der Waals surface area contributed by atoms with Crippen LogP contribution in [-0.2, 0) is 19.7 Å². The summed E-state index contributed by atoms with van der Waals surface area (Å²) in [6.45, 7) is 6.95. The van der Waals surface area contributed by atoms with E-state index < -0.39 is 0 Å². The molecule has 0 aliphatic carbocycles. The molecule has 1 saturated heterocycles. The highest BCUT2D eigenvalue weighted by atomic mass is 16.5. The lowest BCUT2D eigenvalue weighted by molar-refractivity contribution is -0.147. The first-order valence-electron chi connectivity index (χ1n) is 8.30. The summed E-state index contributed by atoms with van der Waals surface area (Å²) in [5, 5.41) is 0. The zero-order valence-corrected chi connectivity index (χ0v) is 15.2. The predicted octanol–water partition coefficient (Wildman–Crippen LogP) is 3.68. The Morgan fingerprint density at radius 1 is 1.17 bits per heavy atom. The Morgan fingerprint density at radius 3 is 2.46 bits per heavy atom. The van der Waals surface area contributed by atoms with Crippen LogP contribution in [0.1, 0.15) is 50.8 Å². The van der Waals surface area contributed by atoms with Crippen LogP contribution in [0.15, 0.2) is 24.3 Å². The first-order valence-corrected chi connectivity index (χ1v) is 8.30. The summed E-state index contributed by atoms with van der Waals surface area (Å²) in [5.41, 5.74) is 2.24. The molecule has 2 atom stereocenters. The number of esters is 1. The summed E-state index contributed by atoms with van der Waals surface area (Å²) in [4.78, 5) is 25.8. The van der Waals surface area contributed by atoms with Crippen LogP contribution >= 0.6 is 0 Å². The third-order valence-electron chi connectivity index (χ3n) is 4.68. The maximum atomic E-state index is 12.2. The largest absolute Gasteiger partial charge is 0.469 e. The highest BCUT2D eigenvalue weighted by Gasteiger charge is 2.37. The van der Waals surface area contributed by atoms with Crippen LogP contribution in [-0.4, -0.2) is 37.7 Å². The molecule has 0 spiro atoms. The van der Waals surface area contributed by atoms with Gasteiger partial charge in [0.05, 0.1) is 26.2 Å². The van der Waals surface area contributed by atoms with Crippen LogP contribution in [0.2, 0.25) is 0 Å². The Bertz CT molecular complexity index is 606. The van der Waals surface area contributed by atoms with Crippen molar-refractivity contribution in [3.63, 3.8) is 0 Å². The molecule has 1 heterocycles. The third-order valence-corrected chi connectivity index (χ3v) is 4.68. The Kier molecular flexibility index (Phi) is 5.52. The molecule has 5 heteroatoms. The Hall–Kier alpha value is -2.04. The van der Waals surface area contributed by atoms with Crippen molar-refractivity contribution >= 4 is 12.1 Å². The van der Waals surface area contributed by atoms with Crippen LogP contribution in [0.4, 0.5) is 4.79 Å². The summed E-state index contributed by atoms with van der Waals surface area (Å²) in [5.74, 6) is -0.407. The van der Waals surface area contributed by atoms with Crippen molar-refractivity contribution < 1.29 is 19.1 Å². The van der Waals surface area contributed by atoms with Crippen molar-refractivity contribution in [2.75, 3.05) is 20.8 Å². The van der Waals surface area contributed by atoms with E-state index in [0.717, 1.165) is 5.56 Å². The second-order valence-corrected chi connectivity index (χ2v) is 7.30. The summed E-state index contributed by atoms with van der Waals surface area (Å²) in [6.07, 6.45) is 0.788. The number of amides is 1. The maximum Gasteiger partial charge on any atom is 0.409 e. The molecular formula is C19H27NO4. The molecule has 0 saturated carbocycles. The van der Waals surface area contributed by atoms with Gasteiger partial charge in [-0.1, -0.05) is 45.0 Å². The van der Waals surface area contributed by atoms with Gasteiger partial charge in [-0.05, 0) is 29.4 Å². The van der Waals surface area contributed by atoms with E-state index in [1.54, 1.807) is 4.90 Å². The monoisotopic (exact) mass is 333 g/mol. The number of likely N-dealkylation sites (tertiary alicyclic amines) is 1. The van der Waals surface area contributed by atoms with E-state index in [0.29, 0.717) is 19.4 Å². The lowest BCUT2D eigenvalue weighted by atomic mass is 9.82. The average Bonchev–Trinajstić information content (AvgIpc) is 2.59. The highest BCUT2D eigenvalue weighted by Crippen LogP contribution is 2.36. The molecule has 1 fully saturated rings. The zero-order valence-electron chi connectivity index (χ0n) is 15.2. The van der Waals surface area contributed by atoms with Gasteiger partial charge in [0, 0.05) is 6.54 Å². The van der Waals surface area contributed by atoms with Gasteiger partial charge in [0.15, 0.2) is 0 Å². The lowest BCUT2D eigenvalue weighted by Gasteiger charge is -2.38. The van der Waals surface area contributed by atoms with Gasteiger partial charge < -0.3 is 14.4 Å². The van der Waals surface area contributed by atoms with E-state index in [-0.39, 0.29) is 29.4 Å². The predicted molar refractivity (Wildman–Crippen MR) is 91.7 cm³/mol. The molecule has 0 radical (unpaired) electrons. The molecule has 1 aliphatic rings. The number of methoxy groups -OCH3 is 2. The van der Waals surface area contributed by atoms with E-state index in [1.807, 2.05) is 12.1 Å². The van der Waals surface area contributed by atoms with Crippen molar-refractivity contribution in [2.45, 2.75) is 45.1 Å². The first kappa shape index (κ1) is 18.3. The summed E-state index contributed by atoms with van der Waals surface area (Å²) in [7, 11) is 2.79. The SMILES string of the molecule is COC(=O)C1CCN(C(=O)OC)C(c2cccc(C(C)(C)C)c2)C1. The number of benzene rings is 1. The van der Waals surface area contributed by atoms with Crippen molar-refractivity contribution in [1.29, 1.82) is 0 Å². The topological polar surface area (TPSA) is 55.8 Å². The van der Waals surface area contributed by atoms with Gasteiger partial charge in [-0.2, -0.15) is 0 Å². The minimum Gasteiger partial charge on any atom is -0.469 e. The molecule has 0 aromatic heterocycles. The van der Waals surface area contributed by atoms with Gasteiger partial charge in [0.1, 0.15) is 0 Å². The fourth-order valence-corrected chi connectivity index (χ4v) is 3.21. The fourth-order valence-electron chi connectivity index (χ4n) is 3.21. The molecule has 0 N–H and O–H groups in total. The molecule has 1 aliphatic heterocycles. The number of ether oxygens (including phenoxy) is 2. The standard InChI is InChI=1S/C19H27NO4/c1-19(2,3)15-8-6-7-13(11-15)16-12-14(17(21)23-4)9-10-20(16)18(22)24-5/h6-8,11,14,16H,9-10,12H2,1-5H3. The molecule has 1 amide bonds. The summed E-state index contributed by atoms with van der Waals surface area (Å²) >= 11 is 0. The quantitative estimate of drug-likeness (QED) is 0.775. The van der Waals surface area contributed by atoms with Gasteiger partial charge in [-0.15, -0.1) is 0 Å². The number of piperidine rings is 1. The average molecular weight is 333 g/mol. The molecule has 2 rings (SSSR count). The molecule has 1 aromatic rings. The van der Waals surface area contributed by atoms with Gasteiger partial charge in [-0.25, -0.2) is 4.79 Å². The fraction of sp³-hybridized carbons (Fsp3) is 0.579. The van der Waals surface area contributed by atoms with Crippen LogP contribution in [0.25, 0.3) is 0 Å². The Labute approximate surface area is 143 Å². The van der Waals surface area contributed by atoms with E-state index in [1.165, 1.54) is 19.8 Å². The highest BCUT2D eigenvalue weighted by molar-refractivity contribution is 5.74. The molecule has 24 heavy (non-hydrogen) atoms. The summed E-state index contributed by atoms with van der Waals surface area (Å²) in [6, 6.07) is 8.05. The first-order chi connectivity index (χ1) is 11.3. The molecule has 2 unspecified atom stereocenters. The Balaban J connectivity index is 2.36. The maximum absolute atomic E-state index is 12.2. The van der Waals surface area contributed by atoms with Crippen LogP contribution in [0.3, 0.4) is 0 Å². The van der Waals surface area contributed by atoms with E-state index >= 15 is 0 Å². The van der Waals surface area contributed by atoms with Crippen LogP contribution in [0, 0.1) is 5.92 Å². The van der Waals surface area contributed by atoms with Crippen LogP contribution in [0.5, 0.6) is 0 Å². The van der Waals surface area contributed by atoms with Crippen molar-refractivity contribution in [3.8, 4) is 0 Å². The van der Waals surface area contributed by atoms with Crippen molar-refractivity contribution in [3.05, 3.63) is 35.4 Å².